The van der Waals surface area contributed by atoms with Crippen molar-refractivity contribution in [3.63, 3.8) is 0 Å². The Bertz CT molecular complexity index is 355. The lowest BCUT2D eigenvalue weighted by Crippen LogP contribution is -2.19. The van der Waals surface area contributed by atoms with E-state index in [1.54, 1.807) is 0 Å². The molecule has 1 unspecified atom stereocenters. The number of nitrogens with zero attached hydrogens (tertiary/aromatic N) is 2. The molecule has 0 bridgehead atoms. The van der Waals surface area contributed by atoms with E-state index < -0.39 is 0 Å². The summed E-state index contributed by atoms with van der Waals surface area (Å²) in [7, 11) is 0. The van der Waals surface area contributed by atoms with Crippen LogP contribution in [0.5, 0.6) is 0 Å². The standard InChI is InChI=1S/C13H26N4/c1-6-7-8-10(4)15-13-12(14)11(5)16-17(13)9(2)3/h9-10,15H,6-8,14H2,1-5H3. The Morgan fingerprint density at radius 2 is 2.00 bits per heavy atom. The van der Waals surface area contributed by atoms with Gasteiger partial charge in [-0.15, -0.1) is 0 Å². The lowest BCUT2D eigenvalue weighted by atomic mass is 10.1. The molecule has 17 heavy (non-hydrogen) atoms. The average molecular weight is 238 g/mol. The molecule has 1 atom stereocenters. The lowest BCUT2D eigenvalue weighted by Gasteiger charge is -2.18. The van der Waals surface area contributed by atoms with Gasteiger partial charge in [-0.05, 0) is 34.1 Å². The van der Waals surface area contributed by atoms with Gasteiger partial charge in [-0.1, -0.05) is 19.8 Å². The Labute approximate surface area is 105 Å². The summed E-state index contributed by atoms with van der Waals surface area (Å²) in [6, 6.07) is 0.762. The van der Waals surface area contributed by atoms with Gasteiger partial charge in [0.2, 0.25) is 0 Å². The molecule has 0 spiro atoms. The molecular formula is C13H26N4. The number of hydrogen-bond acceptors (Lipinski definition) is 3. The third-order valence-electron chi connectivity index (χ3n) is 2.99. The first kappa shape index (κ1) is 13.9. The van der Waals surface area contributed by atoms with Crippen LogP contribution >= 0.6 is 0 Å². The van der Waals surface area contributed by atoms with Crippen LogP contribution in [0.4, 0.5) is 11.5 Å². The minimum absolute atomic E-state index is 0.326. The number of unbranched alkanes of at least 4 members (excludes halogenated alkanes) is 1. The molecule has 1 heterocycles. The van der Waals surface area contributed by atoms with Crippen molar-refractivity contribution in [1.29, 1.82) is 0 Å². The normalized spacial score (nSPS) is 13.1. The topological polar surface area (TPSA) is 55.9 Å². The summed E-state index contributed by atoms with van der Waals surface area (Å²) in [5, 5.41) is 7.96. The highest BCUT2D eigenvalue weighted by Crippen LogP contribution is 2.26. The summed E-state index contributed by atoms with van der Waals surface area (Å²) in [5.41, 5.74) is 7.76. The maximum Gasteiger partial charge on any atom is 0.148 e. The summed E-state index contributed by atoms with van der Waals surface area (Å²) < 4.78 is 1.98. The van der Waals surface area contributed by atoms with Crippen LogP contribution in [0.2, 0.25) is 0 Å². The predicted molar refractivity (Wildman–Crippen MR) is 74.4 cm³/mol. The lowest BCUT2D eigenvalue weighted by molar-refractivity contribution is 0.528. The quantitative estimate of drug-likeness (QED) is 0.799. The van der Waals surface area contributed by atoms with Gasteiger partial charge in [-0.25, -0.2) is 4.68 Å². The molecule has 4 heteroatoms. The number of hydrogen-bond donors (Lipinski definition) is 2. The van der Waals surface area contributed by atoms with Crippen molar-refractivity contribution in [3.8, 4) is 0 Å². The molecular weight excluding hydrogens is 212 g/mol. The van der Waals surface area contributed by atoms with Gasteiger partial charge in [0.1, 0.15) is 5.82 Å². The Hall–Kier alpha value is -1.19. The van der Waals surface area contributed by atoms with E-state index >= 15 is 0 Å². The number of nitrogens with two attached hydrogens (primary N) is 1. The number of rotatable bonds is 6. The number of anilines is 2. The van der Waals surface area contributed by atoms with Crippen LogP contribution in [-0.2, 0) is 0 Å². The molecule has 0 aliphatic heterocycles. The highest BCUT2D eigenvalue weighted by molar-refractivity contribution is 5.65. The zero-order valence-corrected chi connectivity index (χ0v) is 11.7. The van der Waals surface area contributed by atoms with Crippen molar-refractivity contribution in [2.75, 3.05) is 11.1 Å². The molecule has 0 radical (unpaired) electrons. The summed E-state index contributed by atoms with van der Waals surface area (Å²) in [6.07, 6.45) is 3.63. The van der Waals surface area contributed by atoms with Crippen LogP contribution in [0.25, 0.3) is 0 Å². The molecule has 98 valence electrons. The highest BCUT2D eigenvalue weighted by atomic mass is 15.4. The molecule has 0 aliphatic carbocycles. The molecule has 0 aliphatic rings. The second kappa shape index (κ2) is 5.94. The second-order valence-electron chi connectivity index (χ2n) is 5.07. The van der Waals surface area contributed by atoms with Gasteiger partial charge in [0.15, 0.2) is 0 Å². The van der Waals surface area contributed by atoms with E-state index in [1.165, 1.54) is 12.8 Å². The number of aryl methyl sites for hydroxylation is 1. The SMILES string of the molecule is CCCCC(C)Nc1c(N)c(C)nn1C(C)C. The van der Waals surface area contributed by atoms with Gasteiger partial charge in [0.25, 0.3) is 0 Å². The minimum atomic E-state index is 0.326. The Balaban J connectivity index is 2.81. The van der Waals surface area contributed by atoms with E-state index in [0.717, 1.165) is 23.6 Å². The third kappa shape index (κ3) is 3.38. The fourth-order valence-electron chi connectivity index (χ4n) is 1.89. The van der Waals surface area contributed by atoms with Gasteiger partial charge in [0.05, 0.1) is 11.4 Å². The first-order valence-corrected chi connectivity index (χ1v) is 6.58. The second-order valence-corrected chi connectivity index (χ2v) is 5.07. The summed E-state index contributed by atoms with van der Waals surface area (Å²) in [5.74, 6) is 0.973. The van der Waals surface area contributed by atoms with Crippen LogP contribution in [0.1, 0.15) is 58.7 Å². The predicted octanol–water partition coefficient (Wildman–Crippen LogP) is 3.35. The molecule has 0 aromatic carbocycles. The molecule has 0 saturated carbocycles. The van der Waals surface area contributed by atoms with E-state index in [1.807, 2.05) is 11.6 Å². The van der Waals surface area contributed by atoms with E-state index in [-0.39, 0.29) is 0 Å². The van der Waals surface area contributed by atoms with Crippen LogP contribution in [0.15, 0.2) is 0 Å². The molecule has 3 N–H and O–H groups in total. The maximum absolute atomic E-state index is 6.07. The van der Waals surface area contributed by atoms with Gasteiger partial charge in [0, 0.05) is 12.1 Å². The molecule has 1 aromatic heterocycles. The molecule has 1 rings (SSSR count). The number of nitrogens with one attached hydrogen (secondary N) is 1. The summed E-state index contributed by atoms with van der Waals surface area (Å²) in [4.78, 5) is 0. The molecule has 1 aromatic rings. The van der Waals surface area contributed by atoms with E-state index in [9.17, 15) is 0 Å². The molecule has 0 fully saturated rings. The Morgan fingerprint density at radius 1 is 1.35 bits per heavy atom. The van der Waals surface area contributed by atoms with E-state index in [2.05, 4.69) is 38.1 Å². The zero-order valence-electron chi connectivity index (χ0n) is 11.7. The Morgan fingerprint density at radius 3 is 2.53 bits per heavy atom. The summed E-state index contributed by atoms with van der Waals surface area (Å²) in [6.45, 7) is 10.6. The smallest absolute Gasteiger partial charge is 0.148 e. The Kier molecular flexibility index (Phi) is 4.85. The summed E-state index contributed by atoms with van der Waals surface area (Å²) >= 11 is 0. The van der Waals surface area contributed by atoms with Gasteiger partial charge >= 0.3 is 0 Å². The highest BCUT2D eigenvalue weighted by Gasteiger charge is 2.16. The number of nitrogen functional groups attached to an aromatic ring is 1. The average Bonchev–Trinajstić information content (AvgIpc) is 2.54. The first-order valence-electron chi connectivity index (χ1n) is 6.58. The largest absolute Gasteiger partial charge is 0.394 e. The van der Waals surface area contributed by atoms with Gasteiger partial charge < -0.3 is 11.1 Å². The van der Waals surface area contributed by atoms with Gasteiger partial charge in [-0.2, -0.15) is 5.10 Å². The maximum atomic E-state index is 6.07. The van der Waals surface area contributed by atoms with Crippen LogP contribution < -0.4 is 11.1 Å². The number of aromatic nitrogens is 2. The van der Waals surface area contributed by atoms with Crippen molar-refractivity contribution < 1.29 is 0 Å². The molecule has 0 saturated heterocycles. The fourth-order valence-corrected chi connectivity index (χ4v) is 1.89. The van der Waals surface area contributed by atoms with E-state index in [0.29, 0.717) is 12.1 Å². The third-order valence-corrected chi connectivity index (χ3v) is 2.99. The van der Waals surface area contributed by atoms with Crippen molar-refractivity contribution in [2.24, 2.45) is 0 Å². The van der Waals surface area contributed by atoms with Crippen molar-refractivity contribution in [1.82, 2.24) is 9.78 Å². The van der Waals surface area contributed by atoms with Crippen LogP contribution in [0.3, 0.4) is 0 Å². The van der Waals surface area contributed by atoms with Crippen molar-refractivity contribution >= 4 is 11.5 Å². The zero-order chi connectivity index (χ0) is 13.0. The van der Waals surface area contributed by atoms with Crippen molar-refractivity contribution in [3.05, 3.63) is 5.69 Å². The van der Waals surface area contributed by atoms with Crippen LogP contribution in [0, 0.1) is 6.92 Å². The van der Waals surface area contributed by atoms with Gasteiger partial charge in [-0.3, -0.25) is 0 Å². The van der Waals surface area contributed by atoms with E-state index in [4.69, 9.17) is 5.73 Å². The molecule has 0 amide bonds. The minimum Gasteiger partial charge on any atom is -0.394 e. The first-order chi connectivity index (χ1) is 7.97. The monoisotopic (exact) mass is 238 g/mol. The van der Waals surface area contributed by atoms with Crippen LogP contribution in [-0.4, -0.2) is 15.8 Å². The molecule has 4 nitrogen and oxygen atoms in total. The van der Waals surface area contributed by atoms with Crippen molar-refractivity contribution in [2.45, 2.75) is 66.0 Å². The fraction of sp³-hybridized carbons (Fsp3) is 0.769.